The lowest BCUT2D eigenvalue weighted by Gasteiger charge is -2.30. The van der Waals surface area contributed by atoms with E-state index in [1.165, 1.54) is 17.0 Å². The molecule has 170 valence electrons. The van der Waals surface area contributed by atoms with Gasteiger partial charge in [-0.15, -0.1) is 4.72 Å². The molecule has 1 N–H and O–H groups in total. The molecule has 2 aromatic carbocycles. The van der Waals surface area contributed by atoms with E-state index in [2.05, 4.69) is 4.72 Å². The highest BCUT2D eigenvalue weighted by atomic mass is 32.2. The number of carbonyl (C=O) groups excluding carboxylic acids is 2. The summed E-state index contributed by atoms with van der Waals surface area (Å²) >= 11 is -1.35. The third-order valence-corrected chi connectivity index (χ3v) is 7.43. The van der Waals surface area contributed by atoms with Crippen LogP contribution in [-0.2, 0) is 17.8 Å². The largest absolute Gasteiger partial charge is 0.598 e. The highest BCUT2D eigenvalue weighted by Crippen LogP contribution is 2.42. The number of fused-ring (bicyclic) bond motifs is 2. The Morgan fingerprint density at radius 3 is 2.38 bits per heavy atom. The second-order valence-electron chi connectivity index (χ2n) is 9.67. The van der Waals surface area contributed by atoms with Crippen molar-refractivity contribution in [3.63, 3.8) is 0 Å². The van der Waals surface area contributed by atoms with E-state index in [1.54, 1.807) is 24.3 Å². The summed E-state index contributed by atoms with van der Waals surface area (Å²) in [7, 11) is 0. The fourth-order valence-corrected chi connectivity index (χ4v) is 4.94. The number of ether oxygens (including phenoxy) is 1. The van der Waals surface area contributed by atoms with Gasteiger partial charge in [0.05, 0.1) is 23.7 Å². The molecule has 0 aromatic heterocycles. The van der Waals surface area contributed by atoms with Crippen LogP contribution in [0.5, 0.6) is 5.75 Å². The maximum Gasteiger partial charge on any atom is 0.261 e. The van der Waals surface area contributed by atoms with Crippen molar-refractivity contribution < 1.29 is 23.3 Å². The van der Waals surface area contributed by atoms with Crippen molar-refractivity contribution in [2.24, 2.45) is 0 Å². The molecule has 0 fully saturated rings. The van der Waals surface area contributed by atoms with E-state index < -0.39 is 33.6 Å². The van der Waals surface area contributed by atoms with E-state index in [4.69, 9.17) is 4.74 Å². The summed E-state index contributed by atoms with van der Waals surface area (Å²) < 4.78 is 35.8. The van der Waals surface area contributed by atoms with Gasteiger partial charge in [0.15, 0.2) is 0 Å². The Bertz CT molecular complexity index is 1060. The van der Waals surface area contributed by atoms with Crippen molar-refractivity contribution in [2.75, 3.05) is 6.54 Å². The highest BCUT2D eigenvalue weighted by Gasteiger charge is 2.45. The normalized spacial score (nSPS) is 21.9. The maximum absolute atomic E-state index is 14.4. The van der Waals surface area contributed by atoms with Gasteiger partial charge in [-0.2, -0.15) is 0 Å². The first kappa shape index (κ1) is 22.8. The van der Waals surface area contributed by atoms with E-state index in [-0.39, 0.29) is 18.4 Å². The highest BCUT2D eigenvalue weighted by molar-refractivity contribution is 7.90. The van der Waals surface area contributed by atoms with Gasteiger partial charge in [0.1, 0.15) is 21.9 Å². The molecule has 1 unspecified atom stereocenters. The Labute approximate surface area is 190 Å². The molecule has 3 atom stereocenters. The smallest absolute Gasteiger partial charge is 0.261 e. The predicted octanol–water partition coefficient (Wildman–Crippen LogP) is 3.93. The van der Waals surface area contributed by atoms with Gasteiger partial charge < -0.3 is 9.29 Å². The molecule has 2 aliphatic heterocycles. The standard InChI is InChI=1S/C24H27FN2O4S/c1-14(26-32(30)23(2,3)4)19-11-16(25)10-15-12-24(5,31-20(15)19)13-27-21(28)17-8-6-7-9-18(17)22(27)29/h6-11,14,26H,12-13H2,1-5H3/t14?,24-,32-/m1/s1. The third kappa shape index (κ3) is 4.02. The van der Waals surface area contributed by atoms with Gasteiger partial charge in [0.2, 0.25) is 0 Å². The molecular formula is C24H27FN2O4S. The zero-order chi connectivity index (χ0) is 23.4. The minimum atomic E-state index is -1.35. The minimum Gasteiger partial charge on any atom is -0.598 e. The molecule has 4 rings (SSSR count). The number of hydrogen-bond acceptors (Lipinski definition) is 5. The summed E-state index contributed by atoms with van der Waals surface area (Å²) in [5.41, 5.74) is 1.08. The number of imide groups is 1. The summed E-state index contributed by atoms with van der Waals surface area (Å²) in [4.78, 5) is 26.8. The minimum absolute atomic E-state index is 0.0464. The molecule has 0 saturated heterocycles. The topological polar surface area (TPSA) is 81.7 Å². The summed E-state index contributed by atoms with van der Waals surface area (Å²) in [6.07, 6.45) is 0.343. The van der Waals surface area contributed by atoms with Gasteiger partial charge >= 0.3 is 0 Å². The van der Waals surface area contributed by atoms with Gasteiger partial charge in [0.25, 0.3) is 11.8 Å². The molecule has 0 aliphatic carbocycles. The van der Waals surface area contributed by atoms with E-state index in [0.717, 1.165) is 0 Å². The van der Waals surface area contributed by atoms with Crippen LogP contribution in [0, 0.1) is 5.82 Å². The molecule has 0 bridgehead atoms. The fraction of sp³-hybridized carbons (Fsp3) is 0.417. The second-order valence-corrected chi connectivity index (χ2v) is 11.7. The van der Waals surface area contributed by atoms with Crippen molar-refractivity contribution >= 4 is 23.2 Å². The predicted molar refractivity (Wildman–Crippen MR) is 120 cm³/mol. The van der Waals surface area contributed by atoms with E-state index >= 15 is 0 Å². The number of carbonyl (C=O) groups is 2. The lowest BCUT2D eigenvalue weighted by Crippen LogP contribution is -2.46. The molecule has 2 aliphatic rings. The van der Waals surface area contributed by atoms with Crippen molar-refractivity contribution in [1.82, 2.24) is 9.62 Å². The first-order chi connectivity index (χ1) is 14.9. The monoisotopic (exact) mass is 458 g/mol. The first-order valence-corrected chi connectivity index (χ1v) is 11.7. The van der Waals surface area contributed by atoms with Crippen LogP contribution in [0.4, 0.5) is 4.39 Å². The number of amides is 2. The lowest BCUT2D eigenvalue weighted by molar-refractivity contribution is 0.0416. The van der Waals surface area contributed by atoms with Crippen LogP contribution >= 0.6 is 0 Å². The average molecular weight is 459 g/mol. The van der Waals surface area contributed by atoms with E-state index in [1.807, 2.05) is 34.6 Å². The van der Waals surface area contributed by atoms with Crippen molar-refractivity contribution in [3.8, 4) is 5.75 Å². The van der Waals surface area contributed by atoms with E-state index in [9.17, 15) is 18.5 Å². The Kier molecular flexibility index (Phi) is 5.59. The van der Waals surface area contributed by atoms with Crippen molar-refractivity contribution in [1.29, 1.82) is 0 Å². The van der Waals surface area contributed by atoms with Crippen molar-refractivity contribution in [2.45, 2.75) is 57.4 Å². The molecule has 0 radical (unpaired) electrons. The number of nitrogens with zero attached hydrogens (tertiary/aromatic N) is 1. The van der Waals surface area contributed by atoms with Crippen LogP contribution in [0.3, 0.4) is 0 Å². The fourth-order valence-electron chi connectivity index (χ4n) is 4.14. The van der Waals surface area contributed by atoms with Gasteiger partial charge in [-0.05, 0) is 58.9 Å². The second kappa shape index (κ2) is 7.86. The molecule has 2 aromatic rings. The average Bonchev–Trinajstić information content (AvgIpc) is 3.16. The molecule has 32 heavy (non-hydrogen) atoms. The van der Waals surface area contributed by atoms with Crippen LogP contribution in [0.15, 0.2) is 36.4 Å². The van der Waals surface area contributed by atoms with Crippen LogP contribution in [-0.4, -0.2) is 38.2 Å². The summed E-state index contributed by atoms with van der Waals surface area (Å²) in [6, 6.07) is 9.09. The molecular weight excluding hydrogens is 431 g/mol. The summed E-state index contributed by atoms with van der Waals surface area (Å²) in [5, 5.41) is 0. The zero-order valence-electron chi connectivity index (χ0n) is 18.8. The molecule has 0 spiro atoms. The lowest BCUT2D eigenvalue weighted by atomic mass is 9.96. The quantitative estimate of drug-likeness (QED) is 0.542. The SMILES string of the molecule is CC(N[S@+]([O-])C(C)(C)C)c1cc(F)cc2c1O[C@@](C)(CN1C(=O)c3ccccc3C1=O)C2. The van der Waals surface area contributed by atoms with Crippen LogP contribution in [0.2, 0.25) is 0 Å². The van der Waals surface area contributed by atoms with Gasteiger partial charge in [-0.25, -0.2) is 4.39 Å². The van der Waals surface area contributed by atoms with Gasteiger partial charge in [-0.1, -0.05) is 12.1 Å². The van der Waals surface area contributed by atoms with E-state index in [0.29, 0.717) is 34.4 Å². The maximum atomic E-state index is 14.4. The Morgan fingerprint density at radius 1 is 1.22 bits per heavy atom. The Hall–Kier alpha value is -2.42. The van der Waals surface area contributed by atoms with Crippen LogP contribution < -0.4 is 9.46 Å². The Balaban J connectivity index is 1.58. The number of benzene rings is 2. The molecule has 0 saturated carbocycles. The molecule has 2 heterocycles. The van der Waals surface area contributed by atoms with Crippen LogP contribution in [0.1, 0.15) is 72.5 Å². The number of hydrogen-bond donors (Lipinski definition) is 1. The number of nitrogens with one attached hydrogen (secondary N) is 1. The Morgan fingerprint density at radius 2 is 1.81 bits per heavy atom. The van der Waals surface area contributed by atoms with Gasteiger partial charge in [-0.3, -0.25) is 14.5 Å². The van der Waals surface area contributed by atoms with Crippen molar-refractivity contribution in [3.05, 3.63) is 64.5 Å². The number of halogens is 1. The van der Waals surface area contributed by atoms with Crippen LogP contribution in [0.25, 0.3) is 0 Å². The molecule has 8 heteroatoms. The summed E-state index contributed by atoms with van der Waals surface area (Å²) in [6.45, 7) is 9.23. The first-order valence-electron chi connectivity index (χ1n) is 10.5. The summed E-state index contributed by atoms with van der Waals surface area (Å²) in [5.74, 6) is -0.610. The van der Waals surface area contributed by atoms with Gasteiger partial charge in [0, 0.05) is 28.9 Å². The third-order valence-electron chi connectivity index (χ3n) is 5.75. The number of rotatable bonds is 5. The molecule has 2 amide bonds. The molecule has 6 nitrogen and oxygen atoms in total. The zero-order valence-corrected chi connectivity index (χ0v) is 19.6.